The van der Waals surface area contributed by atoms with Gasteiger partial charge in [-0.2, -0.15) is 0 Å². The van der Waals surface area contributed by atoms with Gasteiger partial charge < -0.3 is 4.74 Å². The van der Waals surface area contributed by atoms with E-state index in [-0.39, 0.29) is 11.9 Å². The first-order valence-electron chi connectivity index (χ1n) is 5.62. The zero-order valence-corrected chi connectivity index (χ0v) is 11.2. The summed E-state index contributed by atoms with van der Waals surface area (Å²) in [6, 6.07) is 10.3. The van der Waals surface area contributed by atoms with Crippen LogP contribution in [0.3, 0.4) is 0 Å². The molecular formula is C13H15IO2. The van der Waals surface area contributed by atoms with Crippen molar-refractivity contribution in [3.63, 3.8) is 0 Å². The van der Waals surface area contributed by atoms with Gasteiger partial charge in [0.15, 0.2) is 0 Å². The Kier molecular flexibility index (Phi) is 4.21. The van der Waals surface area contributed by atoms with E-state index in [2.05, 4.69) is 34.7 Å². The standard InChI is InChI=1S/C13H15IO2/c14-12-9-11(12)13(15)16-8-4-7-10-5-2-1-3-6-10/h1-3,5-6,11-12H,4,7-9H2/t11-,12-/m1/s1. The molecule has 0 aromatic heterocycles. The summed E-state index contributed by atoms with van der Waals surface area (Å²) in [6.45, 7) is 0.549. The lowest BCUT2D eigenvalue weighted by atomic mass is 10.1. The van der Waals surface area contributed by atoms with Crippen LogP contribution in [0.15, 0.2) is 30.3 Å². The number of esters is 1. The molecular weight excluding hydrogens is 315 g/mol. The third-order valence-corrected chi connectivity index (χ3v) is 4.09. The molecule has 0 heterocycles. The van der Waals surface area contributed by atoms with Crippen molar-refractivity contribution in [1.29, 1.82) is 0 Å². The minimum atomic E-state index is -0.00698. The van der Waals surface area contributed by atoms with Gasteiger partial charge in [0.1, 0.15) is 0 Å². The van der Waals surface area contributed by atoms with Crippen LogP contribution in [-0.4, -0.2) is 16.5 Å². The Bertz CT molecular complexity index is 350. The van der Waals surface area contributed by atoms with Crippen molar-refractivity contribution in [2.45, 2.75) is 23.2 Å². The average Bonchev–Trinajstić information content (AvgIpc) is 3.03. The van der Waals surface area contributed by atoms with Gasteiger partial charge in [-0.25, -0.2) is 0 Å². The van der Waals surface area contributed by atoms with Gasteiger partial charge in [0.05, 0.1) is 12.5 Å². The summed E-state index contributed by atoms with van der Waals surface area (Å²) in [5.74, 6) is 0.171. The Morgan fingerprint density at radius 2 is 2.06 bits per heavy atom. The molecule has 0 spiro atoms. The van der Waals surface area contributed by atoms with Crippen LogP contribution in [0.4, 0.5) is 0 Å². The largest absolute Gasteiger partial charge is 0.465 e. The van der Waals surface area contributed by atoms with E-state index < -0.39 is 0 Å². The summed E-state index contributed by atoms with van der Waals surface area (Å²) in [5, 5.41) is 0. The molecule has 1 fully saturated rings. The lowest BCUT2D eigenvalue weighted by Gasteiger charge is -2.04. The third-order valence-electron chi connectivity index (χ3n) is 2.71. The quantitative estimate of drug-likeness (QED) is 0.359. The van der Waals surface area contributed by atoms with Crippen molar-refractivity contribution in [3.8, 4) is 0 Å². The van der Waals surface area contributed by atoms with Gasteiger partial charge in [-0.3, -0.25) is 4.79 Å². The summed E-state index contributed by atoms with van der Waals surface area (Å²) >= 11 is 2.30. The number of carbonyl (C=O) groups is 1. The Hall–Kier alpha value is -0.580. The molecule has 16 heavy (non-hydrogen) atoms. The molecule has 1 aliphatic rings. The molecule has 0 N–H and O–H groups in total. The van der Waals surface area contributed by atoms with Gasteiger partial charge in [-0.05, 0) is 24.8 Å². The van der Waals surface area contributed by atoms with E-state index in [1.54, 1.807) is 0 Å². The van der Waals surface area contributed by atoms with Gasteiger partial charge in [-0.15, -0.1) is 0 Å². The van der Waals surface area contributed by atoms with Crippen molar-refractivity contribution in [2.75, 3.05) is 6.61 Å². The highest BCUT2D eigenvalue weighted by Crippen LogP contribution is 2.39. The van der Waals surface area contributed by atoms with Gasteiger partial charge in [0.25, 0.3) is 0 Å². The summed E-state index contributed by atoms with van der Waals surface area (Å²) in [4.78, 5) is 11.4. The van der Waals surface area contributed by atoms with Crippen molar-refractivity contribution in [3.05, 3.63) is 35.9 Å². The van der Waals surface area contributed by atoms with Crippen LogP contribution < -0.4 is 0 Å². The molecule has 2 atom stereocenters. The van der Waals surface area contributed by atoms with E-state index in [9.17, 15) is 4.79 Å². The maximum Gasteiger partial charge on any atom is 0.310 e. The molecule has 0 saturated heterocycles. The lowest BCUT2D eigenvalue weighted by molar-refractivity contribution is -0.145. The maximum atomic E-state index is 11.4. The molecule has 2 nitrogen and oxygen atoms in total. The summed E-state index contributed by atoms with van der Waals surface area (Å²) in [5.41, 5.74) is 1.30. The number of rotatable bonds is 5. The van der Waals surface area contributed by atoms with Crippen LogP contribution >= 0.6 is 22.6 Å². The molecule has 1 saturated carbocycles. The predicted octanol–water partition coefficient (Wildman–Crippen LogP) is 2.99. The Morgan fingerprint density at radius 1 is 1.38 bits per heavy atom. The molecule has 3 heteroatoms. The SMILES string of the molecule is O=C(OCCCc1ccccc1)[C@@H]1C[C@H]1I. The molecule has 0 aliphatic heterocycles. The number of alkyl halides is 1. The lowest BCUT2D eigenvalue weighted by Crippen LogP contribution is -2.09. The molecule has 0 unspecified atom stereocenters. The zero-order valence-electron chi connectivity index (χ0n) is 9.06. The first-order valence-corrected chi connectivity index (χ1v) is 6.86. The fraction of sp³-hybridized carbons (Fsp3) is 0.462. The van der Waals surface area contributed by atoms with E-state index >= 15 is 0 Å². The van der Waals surface area contributed by atoms with Crippen LogP contribution in [0.5, 0.6) is 0 Å². The highest BCUT2D eigenvalue weighted by atomic mass is 127. The molecule has 1 aliphatic carbocycles. The Morgan fingerprint density at radius 3 is 2.69 bits per heavy atom. The molecule has 86 valence electrons. The number of benzene rings is 1. The highest BCUT2D eigenvalue weighted by Gasteiger charge is 2.42. The third kappa shape index (κ3) is 3.47. The summed E-state index contributed by atoms with van der Waals surface area (Å²) < 4.78 is 5.73. The first kappa shape index (κ1) is 11.9. The number of ether oxygens (including phenoxy) is 1. The van der Waals surface area contributed by atoms with E-state index in [0.717, 1.165) is 19.3 Å². The highest BCUT2D eigenvalue weighted by molar-refractivity contribution is 14.1. The fourth-order valence-corrected chi connectivity index (χ4v) is 2.45. The number of hydrogen-bond acceptors (Lipinski definition) is 2. The number of hydrogen-bond donors (Lipinski definition) is 0. The van der Waals surface area contributed by atoms with Crippen LogP contribution in [0.1, 0.15) is 18.4 Å². The van der Waals surface area contributed by atoms with Gasteiger partial charge in [0, 0.05) is 3.92 Å². The molecule has 2 rings (SSSR count). The molecule has 0 radical (unpaired) electrons. The molecule has 1 aromatic carbocycles. The number of aryl methyl sites for hydroxylation is 1. The van der Waals surface area contributed by atoms with E-state index in [4.69, 9.17) is 4.74 Å². The minimum Gasteiger partial charge on any atom is -0.465 e. The second-order valence-corrected chi connectivity index (χ2v) is 5.71. The summed E-state index contributed by atoms with van der Waals surface area (Å²) in [7, 11) is 0. The second-order valence-electron chi connectivity index (χ2n) is 4.11. The van der Waals surface area contributed by atoms with Crippen LogP contribution in [-0.2, 0) is 16.0 Å². The predicted molar refractivity (Wildman–Crippen MR) is 71.6 cm³/mol. The first-order chi connectivity index (χ1) is 7.77. The minimum absolute atomic E-state index is 0.00698. The second kappa shape index (κ2) is 5.66. The van der Waals surface area contributed by atoms with Crippen molar-refractivity contribution in [1.82, 2.24) is 0 Å². The van der Waals surface area contributed by atoms with E-state index in [0.29, 0.717) is 10.5 Å². The maximum absolute atomic E-state index is 11.4. The average molecular weight is 330 g/mol. The van der Waals surface area contributed by atoms with Gasteiger partial charge in [-0.1, -0.05) is 52.9 Å². The monoisotopic (exact) mass is 330 g/mol. The molecule has 1 aromatic rings. The fourth-order valence-electron chi connectivity index (χ4n) is 1.61. The topological polar surface area (TPSA) is 26.3 Å². The number of carbonyl (C=O) groups excluding carboxylic acids is 1. The summed E-state index contributed by atoms with van der Waals surface area (Å²) in [6.07, 6.45) is 2.89. The normalized spacial score (nSPS) is 22.8. The van der Waals surface area contributed by atoms with E-state index in [1.165, 1.54) is 5.56 Å². The Balaban J connectivity index is 1.60. The Labute approximate surface area is 110 Å². The number of halogens is 1. The van der Waals surface area contributed by atoms with Crippen molar-refractivity contribution in [2.24, 2.45) is 5.92 Å². The molecule has 0 bridgehead atoms. The van der Waals surface area contributed by atoms with Crippen LogP contribution in [0.25, 0.3) is 0 Å². The zero-order chi connectivity index (χ0) is 11.4. The smallest absolute Gasteiger partial charge is 0.310 e. The van der Waals surface area contributed by atoms with Crippen LogP contribution in [0.2, 0.25) is 0 Å². The van der Waals surface area contributed by atoms with Crippen LogP contribution in [0, 0.1) is 5.92 Å². The van der Waals surface area contributed by atoms with Crippen molar-refractivity contribution >= 4 is 28.6 Å². The molecule has 0 amide bonds. The van der Waals surface area contributed by atoms with Gasteiger partial charge in [0.2, 0.25) is 0 Å². The van der Waals surface area contributed by atoms with Gasteiger partial charge >= 0.3 is 5.97 Å². The van der Waals surface area contributed by atoms with Crippen molar-refractivity contribution < 1.29 is 9.53 Å². The van der Waals surface area contributed by atoms with E-state index in [1.807, 2.05) is 18.2 Å².